The van der Waals surface area contributed by atoms with Crippen LogP contribution in [0, 0.1) is 0 Å². The third-order valence-electron chi connectivity index (χ3n) is 4.62. The minimum atomic E-state index is 0.668. The van der Waals surface area contributed by atoms with Gasteiger partial charge in [0.15, 0.2) is 0 Å². The molecular formula is C23H22N2O2. The van der Waals surface area contributed by atoms with Gasteiger partial charge < -0.3 is 14.0 Å². The lowest BCUT2D eigenvalue weighted by atomic mass is 10.1. The van der Waals surface area contributed by atoms with Crippen LogP contribution in [0.2, 0.25) is 0 Å². The van der Waals surface area contributed by atoms with Gasteiger partial charge in [-0.25, -0.2) is 4.98 Å². The summed E-state index contributed by atoms with van der Waals surface area (Å²) in [7, 11) is 1.68. The fourth-order valence-electron chi connectivity index (χ4n) is 3.29. The molecule has 0 fully saturated rings. The summed E-state index contributed by atoms with van der Waals surface area (Å²) in [4.78, 5) is 4.62. The maximum Gasteiger partial charge on any atom is 0.140 e. The van der Waals surface area contributed by atoms with Gasteiger partial charge in [-0.15, -0.1) is 0 Å². The molecule has 2 aromatic carbocycles. The Morgan fingerprint density at radius 2 is 1.67 bits per heavy atom. The summed E-state index contributed by atoms with van der Waals surface area (Å²) in [5, 5.41) is 1.13. The third kappa shape index (κ3) is 3.51. The van der Waals surface area contributed by atoms with Crippen molar-refractivity contribution in [2.24, 2.45) is 0 Å². The number of pyridine rings is 1. The molecule has 0 N–H and O–H groups in total. The van der Waals surface area contributed by atoms with Crippen molar-refractivity contribution in [3.63, 3.8) is 0 Å². The maximum absolute atomic E-state index is 5.57. The minimum absolute atomic E-state index is 0.668. The van der Waals surface area contributed by atoms with Gasteiger partial charge in [0.25, 0.3) is 0 Å². The predicted octanol–water partition coefficient (Wildman–Crippen LogP) is 5.16. The second kappa shape index (κ2) is 7.54. The highest BCUT2D eigenvalue weighted by molar-refractivity contribution is 5.84. The van der Waals surface area contributed by atoms with Crippen LogP contribution >= 0.6 is 0 Å². The average Bonchev–Trinajstić information content (AvgIpc) is 3.08. The molecule has 0 saturated heterocycles. The van der Waals surface area contributed by atoms with E-state index in [9.17, 15) is 0 Å². The molecule has 0 spiro atoms. The zero-order valence-electron chi connectivity index (χ0n) is 15.6. The Balaban J connectivity index is 1.76. The second-order valence-electron chi connectivity index (χ2n) is 6.34. The normalized spacial score (nSPS) is 10.9. The van der Waals surface area contributed by atoms with Crippen LogP contribution in [0.1, 0.15) is 12.5 Å². The van der Waals surface area contributed by atoms with Crippen molar-refractivity contribution in [2.75, 3.05) is 13.7 Å². The molecule has 2 heterocycles. The molecule has 2 aromatic heterocycles. The first-order valence-electron chi connectivity index (χ1n) is 9.09. The van der Waals surface area contributed by atoms with Crippen LogP contribution in [-0.4, -0.2) is 23.3 Å². The molecule has 0 aliphatic heterocycles. The van der Waals surface area contributed by atoms with E-state index in [2.05, 4.69) is 45.9 Å². The summed E-state index contributed by atoms with van der Waals surface area (Å²) in [6, 6.07) is 22.7. The number of methoxy groups -OCH3 is 1. The first-order valence-corrected chi connectivity index (χ1v) is 9.09. The number of rotatable bonds is 6. The van der Waals surface area contributed by atoms with Crippen molar-refractivity contribution < 1.29 is 9.47 Å². The molecule has 0 saturated carbocycles. The van der Waals surface area contributed by atoms with Gasteiger partial charge in [0.2, 0.25) is 0 Å². The van der Waals surface area contributed by atoms with E-state index in [4.69, 9.17) is 9.47 Å². The Labute approximate surface area is 159 Å². The fraction of sp³-hybridized carbons (Fsp3) is 0.174. The lowest BCUT2D eigenvalue weighted by Crippen LogP contribution is -2.03. The molecule has 0 bridgehead atoms. The van der Waals surface area contributed by atoms with Gasteiger partial charge in [-0.2, -0.15) is 0 Å². The van der Waals surface area contributed by atoms with E-state index in [1.54, 1.807) is 7.11 Å². The quantitative estimate of drug-likeness (QED) is 0.478. The zero-order valence-corrected chi connectivity index (χ0v) is 15.6. The summed E-state index contributed by atoms with van der Waals surface area (Å²) in [5.74, 6) is 1.75. The van der Waals surface area contributed by atoms with Crippen LogP contribution < -0.4 is 9.47 Å². The minimum Gasteiger partial charge on any atom is -0.497 e. The molecule has 27 heavy (non-hydrogen) atoms. The van der Waals surface area contributed by atoms with Gasteiger partial charge in [-0.3, -0.25) is 0 Å². The highest BCUT2D eigenvalue weighted by atomic mass is 16.5. The lowest BCUT2D eigenvalue weighted by Gasteiger charge is -2.12. The molecule has 0 amide bonds. The average molecular weight is 358 g/mol. The molecule has 4 heteroatoms. The topological polar surface area (TPSA) is 36.3 Å². The highest BCUT2D eigenvalue weighted by Crippen LogP contribution is 2.29. The number of benzene rings is 2. The van der Waals surface area contributed by atoms with Gasteiger partial charge in [-0.05, 0) is 72.6 Å². The van der Waals surface area contributed by atoms with Crippen molar-refractivity contribution >= 4 is 11.0 Å². The van der Waals surface area contributed by atoms with Crippen LogP contribution in [0.4, 0.5) is 0 Å². The Kier molecular flexibility index (Phi) is 4.79. The number of aromatic nitrogens is 2. The Hall–Kier alpha value is -3.27. The summed E-state index contributed by atoms with van der Waals surface area (Å²) in [6.45, 7) is 3.40. The van der Waals surface area contributed by atoms with E-state index >= 15 is 0 Å². The van der Waals surface area contributed by atoms with E-state index in [-0.39, 0.29) is 0 Å². The van der Waals surface area contributed by atoms with E-state index in [1.165, 1.54) is 5.56 Å². The number of ether oxygens (including phenoxy) is 2. The van der Waals surface area contributed by atoms with Gasteiger partial charge in [0.05, 0.1) is 19.4 Å². The van der Waals surface area contributed by atoms with Crippen molar-refractivity contribution in [3.8, 4) is 22.8 Å². The SMILES string of the molecule is CCOc1ccc(-c2cc3cccnc3n2Cc2ccc(OC)cc2)cc1. The molecule has 0 aliphatic carbocycles. The zero-order chi connectivity index (χ0) is 18.6. The highest BCUT2D eigenvalue weighted by Gasteiger charge is 2.12. The van der Waals surface area contributed by atoms with Gasteiger partial charge in [0.1, 0.15) is 17.1 Å². The van der Waals surface area contributed by atoms with Crippen LogP contribution in [0.15, 0.2) is 72.9 Å². The lowest BCUT2D eigenvalue weighted by molar-refractivity contribution is 0.340. The van der Waals surface area contributed by atoms with Crippen LogP contribution in [0.5, 0.6) is 11.5 Å². The largest absolute Gasteiger partial charge is 0.497 e. The Morgan fingerprint density at radius 3 is 2.37 bits per heavy atom. The van der Waals surface area contributed by atoms with Crippen LogP contribution in [-0.2, 0) is 6.54 Å². The summed E-state index contributed by atoms with van der Waals surface area (Å²) in [6.07, 6.45) is 1.84. The number of nitrogens with zero attached hydrogens (tertiary/aromatic N) is 2. The molecular weight excluding hydrogens is 336 g/mol. The van der Waals surface area contributed by atoms with Crippen LogP contribution in [0.25, 0.3) is 22.3 Å². The molecule has 4 aromatic rings. The van der Waals surface area contributed by atoms with Gasteiger partial charge in [0, 0.05) is 18.1 Å². The molecule has 0 radical (unpaired) electrons. The summed E-state index contributed by atoms with van der Waals surface area (Å²) >= 11 is 0. The molecule has 4 rings (SSSR count). The van der Waals surface area contributed by atoms with Crippen LogP contribution in [0.3, 0.4) is 0 Å². The van der Waals surface area contributed by atoms with Gasteiger partial charge in [-0.1, -0.05) is 12.1 Å². The summed E-state index contributed by atoms with van der Waals surface area (Å²) in [5.41, 5.74) is 4.47. The smallest absolute Gasteiger partial charge is 0.140 e. The fourth-order valence-corrected chi connectivity index (χ4v) is 3.29. The van der Waals surface area contributed by atoms with Crippen molar-refractivity contribution in [2.45, 2.75) is 13.5 Å². The van der Waals surface area contributed by atoms with Crippen molar-refractivity contribution in [1.82, 2.24) is 9.55 Å². The maximum atomic E-state index is 5.57. The number of hydrogen-bond donors (Lipinski definition) is 0. The van der Waals surface area contributed by atoms with E-state index in [1.807, 2.05) is 43.5 Å². The predicted molar refractivity (Wildman–Crippen MR) is 108 cm³/mol. The summed E-state index contributed by atoms with van der Waals surface area (Å²) < 4.78 is 13.1. The third-order valence-corrected chi connectivity index (χ3v) is 4.62. The Morgan fingerprint density at radius 1 is 0.926 bits per heavy atom. The van der Waals surface area contributed by atoms with Crippen molar-refractivity contribution in [3.05, 3.63) is 78.5 Å². The number of hydrogen-bond acceptors (Lipinski definition) is 3. The first-order chi connectivity index (χ1) is 13.3. The monoisotopic (exact) mass is 358 g/mol. The van der Waals surface area contributed by atoms with Gasteiger partial charge >= 0.3 is 0 Å². The molecule has 0 unspecified atom stereocenters. The van der Waals surface area contributed by atoms with E-state index < -0.39 is 0 Å². The molecule has 4 nitrogen and oxygen atoms in total. The molecule has 0 aliphatic rings. The second-order valence-corrected chi connectivity index (χ2v) is 6.34. The standard InChI is InChI=1S/C23H22N2O2/c1-3-27-21-12-8-18(9-13-21)22-15-19-5-4-14-24-23(19)25(22)16-17-6-10-20(26-2)11-7-17/h4-15H,3,16H2,1-2H3. The van der Waals surface area contributed by atoms with Crippen molar-refractivity contribution in [1.29, 1.82) is 0 Å². The number of fused-ring (bicyclic) bond motifs is 1. The van der Waals surface area contributed by atoms with E-state index in [0.717, 1.165) is 40.3 Å². The van der Waals surface area contributed by atoms with E-state index in [0.29, 0.717) is 6.61 Å². The first kappa shape index (κ1) is 17.2. The molecule has 136 valence electrons. The Bertz CT molecular complexity index is 1030. The molecule has 0 atom stereocenters.